The highest BCUT2D eigenvalue weighted by molar-refractivity contribution is 7.89. The number of carbonyl (C=O) groups is 1. The molecule has 0 spiro atoms. The van der Waals surface area contributed by atoms with E-state index in [9.17, 15) is 13.2 Å². The van der Waals surface area contributed by atoms with Gasteiger partial charge in [-0.2, -0.15) is 4.31 Å². The van der Waals surface area contributed by atoms with E-state index in [1.165, 1.54) is 15.9 Å². The quantitative estimate of drug-likeness (QED) is 0.549. The molecule has 2 aromatic rings. The molecule has 2 fully saturated rings. The van der Waals surface area contributed by atoms with Crippen molar-refractivity contribution in [3.63, 3.8) is 0 Å². The van der Waals surface area contributed by atoms with Crippen LogP contribution in [0.1, 0.15) is 41.7 Å². The maximum Gasteiger partial charge on any atom is 0.267 e. The van der Waals surface area contributed by atoms with Gasteiger partial charge in [-0.3, -0.25) is 9.69 Å². The molecule has 0 unspecified atom stereocenters. The first-order chi connectivity index (χ1) is 16.4. The predicted molar refractivity (Wildman–Crippen MR) is 133 cm³/mol. The van der Waals surface area contributed by atoms with Gasteiger partial charge in [0, 0.05) is 65.6 Å². The average molecular weight is 488 g/mol. The molecule has 1 amide bonds. The molecule has 0 bridgehead atoms. The van der Waals surface area contributed by atoms with Crippen molar-refractivity contribution in [2.45, 2.75) is 37.1 Å². The van der Waals surface area contributed by atoms with Crippen LogP contribution in [0.15, 0.2) is 47.5 Å². The molecule has 34 heavy (non-hydrogen) atoms. The fourth-order valence-corrected chi connectivity index (χ4v) is 6.35. The van der Waals surface area contributed by atoms with Gasteiger partial charge in [-0.05, 0) is 37.4 Å². The summed E-state index contributed by atoms with van der Waals surface area (Å²) in [6.07, 6.45) is 5.27. The lowest BCUT2D eigenvalue weighted by Gasteiger charge is -2.34. The second kappa shape index (κ2) is 11.5. The number of sulfonamides is 1. The third-order valence-corrected chi connectivity index (χ3v) is 8.68. The van der Waals surface area contributed by atoms with Crippen molar-refractivity contribution in [3.05, 3.63) is 53.9 Å². The molecule has 9 heteroatoms. The summed E-state index contributed by atoms with van der Waals surface area (Å²) < 4.78 is 29.0. The van der Waals surface area contributed by atoms with Crippen LogP contribution < -0.4 is 5.32 Å². The van der Waals surface area contributed by atoms with Gasteiger partial charge in [-0.25, -0.2) is 8.42 Å². The van der Waals surface area contributed by atoms with Gasteiger partial charge in [0.2, 0.25) is 10.0 Å². The number of rotatable bonds is 9. The molecule has 3 heterocycles. The van der Waals surface area contributed by atoms with Crippen molar-refractivity contribution in [1.29, 1.82) is 0 Å². The summed E-state index contributed by atoms with van der Waals surface area (Å²) in [5.41, 5.74) is 1.73. The molecule has 1 aromatic carbocycles. The van der Waals surface area contributed by atoms with E-state index in [2.05, 4.69) is 45.4 Å². The largest absolute Gasteiger partial charge is 0.351 e. The summed E-state index contributed by atoms with van der Waals surface area (Å²) >= 11 is 0. The number of nitrogens with one attached hydrogen (secondary N) is 1. The van der Waals surface area contributed by atoms with E-state index in [1.807, 2.05) is 0 Å². The Kier molecular flexibility index (Phi) is 8.41. The topological polar surface area (TPSA) is 77.9 Å². The molecule has 2 saturated heterocycles. The zero-order valence-electron chi connectivity index (χ0n) is 20.2. The van der Waals surface area contributed by atoms with Crippen molar-refractivity contribution < 1.29 is 13.2 Å². The zero-order chi connectivity index (χ0) is 24.0. The fourth-order valence-electron chi connectivity index (χ4n) is 4.76. The van der Waals surface area contributed by atoms with Crippen LogP contribution in [-0.2, 0) is 23.6 Å². The van der Waals surface area contributed by atoms with E-state index in [0.29, 0.717) is 25.3 Å². The number of amides is 1. The molecule has 0 radical (unpaired) electrons. The van der Waals surface area contributed by atoms with E-state index in [4.69, 9.17) is 0 Å². The van der Waals surface area contributed by atoms with Crippen LogP contribution in [0.3, 0.4) is 0 Å². The van der Waals surface area contributed by atoms with Gasteiger partial charge in [-0.1, -0.05) is 36.8 Å². The van der Waals surface area contributed by atoms with Crippen molar-refractivity contribution in [2.24, 2.45) is 7.05 Å². The average Bonchev–Trinajstić information content (AvgIpc) is 3.26. The van der Waals surface area contributed by atoms with Crippen LogP contribution >= 0.6 is 0 Å². The second-order valence-corrected chi connectivity index (χ2v) is 11.3. The summed E-state index contributed by atoms with van der Waals surface area (Å²) in [5, 5.41) is 2.96. The van der Waals surface area contributed by atoms with Gasteiger partial charge in [0.1, 0.15) is 10.6 Å². The predicted octanol–water partition coefficient (Wildman–Crippen LogP) is 2.14. The van der Waals surface area contributed by atoms with Crippen LogP contribution in [0.5, 0.6) is 0 Å². The Morgan fingerprint density at radius 3 is 2.32 bits per heavy atom. The number of aryl methyl sites for hydroxylation is 1. The van der Waals surface area contributed by atoms with Gasteiger partial charge in [-0.15, -0.1) is 0 Å². The monoisotopic (exact) mass is 487 g/mol. The Hall–Kier alpha value is -2.20. The molecule has 0 aliphatic carbocycles. The summed E-state index contributed by atoms with van der Waals surface area (Å²) in [4.78, 5) is 17.8. The number of piperazine rings is 1. The molecule has 0 saturated carbocycles. The molecule has 186 valence electrons. The van der Waals surface area contributed by atoms with Gasteiger partial charge < -0.3 is 14.8 Å². The molecular formula is C25H37N5O3S. The Morgan fingerprint density at radius 2 is 1.62 bits per heavy atom. The molecule has 2 aliphatic rings. The normalized spacial score (nSPS) is 18.7. The second-order valence-electron chi connectivity index (χ2n) is 9.35. The minimum atomic E-state index is -3.54. The number of aromatic nitrogens is 1. The van der Waals surface area contributed by atoms with Gasteiger partial charge >= 0.3 is 0 Å². The van der Waals surface area contributed by atoms with E-state index < -0.39 is 10.0 Å². The van der Waals surface area contributed by atoms with Crippen LogP contribution in [0.2, 0.25) is 0 Å². The minimum absolute atomic E-state index is 0.204. The fraction of sp³-hybridized carbons (Fsp3) is 0.560. The molecule has 0 atom stereocenters. The summed E-state index contributed by atoms with van der Waals surface area (Å²) in [7, 11) is -1.82. The zero-order valence-corrected chi connectivity index (χ0v) is 21.0. The van der Waals surface area contributed by atoms with Crippen molar-refractivity contribution in [1.82, 2.24) is 24.0 Å². The lowest BCUT2D eigenvalue weighted by molar-refractivity contribution is 0.0939. The smallest absolute Gasteiger partial charge is 0.267 e. The van der Waals surface area contributed by atoms with E-state index in [1.54, 1.807) is 17.8 Å². The highest BCUT2D eigenvalue weighted by atomic mass is 32.2. The maximum absolute atomic E-state index is 12.9. The molecule has 1 N–H and O–H groups in total. The van der Waals surface area contributed by atoms with E-state index in [0.717, 1.165) is 65.0 Å². The first-order valence-electron chi connectivity index (χ1n) is 12.4. The molecule has 8 nitrogen and oxygen atoms in total. The Bertz CT molecular complexity index is 1040. The van der Waals surface area contributed by atoms with Crippen LogP contribution in [0, 0.1) is 0 Å². The number of nitrogens with zero attached hydrogens (tertiary/aromatic N) is 4. The number of piperidine rings is 1. The van der Waals surface area contributed by atoms with Gasteiger partial charge in [0.05, 0.1) is 0 Å². The lowest BCUT2D eigenvalue weighted by atomic mass is 10.2. The number of benzene rings is 1. The molecule has 2 aliphatic heterocycles. The Labute approximate surface area is 203 Å². The Morgan fingerprint density at radius 1 is 0.941 bits per heavy atom. The van der Waals surface area contributed by atoms with E-state index >= 15 is 0 Å². The summed E-state index contributed by atoms with van der Waals surface area (Å²) in [5.74, 6) is -0.227. The minimum Gasteiger partial charge on any atom is -0.351 e. The number of hydrogen-bond donors (Lipinski definition) is 1. The molecule has 4 rings (SSSR count). The third-order valence-electron chi connectivity index (χ3n) is 6.82. The maximum atomic E-state index is 12.9. The highest BCUT2D eigenvalue weighted by Crippen LogP contribution is 2.22. The first kappa shape index (κ1) is 24.9. The van der Waals surface area contributed by atoms with Crippen molar-refractivity contribution in [3.8, 4) is 0 Å². The van der Waals surface area contributed by atoms with Gasteiger partial charge in [0.25, 0.3) is 5.91 Å². The lowest BCUT2D eigenvalue weighted by Crippen LogP contribution is -2.46. The SMILES string of the molecule is Cn1cc(S(=O)(=O)N2CCCCC2)cc1C(=O)NCCCN1CCN(Cc2ccccc2)CC1. The summed E-state index contributed by atoms with van der Waals surface area (Å²) in [6, 6.07) is 12.1. The molecule has 1 aromatic heterocycles. The van der Waals surface area contributed by atoms with Gasteiger partial charge in [0.15, 0.2) is 0 Å². The van der Waals surface area contributed by atoms with E-state index in [-0.39, 0.29) is 10.8 Å². The van der Waals surface area contributed by atoms with Crippen molar-refractivity contribution in [2.75, 3.05) is 52.4 Å². The van der Waals surface area contributed by atoms with Crippen LogP contribution in [-0.4, -0.2) is 85.4 Å². The van der Waals surface area contributed by atoms with Crippen molar-refractivity contribution >= 4 is 15.9 Å². The number of carbonyl (C=O) groups excluding carboxylic acids is 1. The molecular weight excluding hydrogens is 450 g/mol. The van der Waals surface area contributed by atoms with Crippen LogP contribution in [0.4, 0.5) is 0 Å². The standard InChI is InChI=1S/C25H37N5O3S/c1-27-21-23(34(32,33)30-13-6-3-7-14-30)19-24(27)25(31)26-11-8-12-28-15-17-29(18-16-28)20-22-9-4-2-5-10-22/h2,4-5,9-10,19,21H,3,6-8,11-18,20H2,1H3,(H,26,31). The Balaban J connectivity index is 1.19. The number of hydrogen-bond acceptors (Lipinski definition) is 5. The highest BCUT2D eigenvalue weighted by Gasteiger charge is 2.28. The van der Waals surface area contributed by atoms with Crippen LogP contribution in [0.25, 0.3) is 0 Å². The first-order valence-corrected chi connectivity index (χ1v) is 13.8. The summed E-state index contributed by atoms with van der Waals surface area (Å²) in [6.45, 7) is 7.81. The third kappa shape index (κ3) is 6.27.